The van der Waals surface area contributed by atoms with E-state index >= 15 is 0 Å². The molecule has 5 nitrogen and oxygen atoms in total. The molecule has 0 unspecified atom stereocenters. The van der Waals surface area contributed by atoms with Gasteiger partial charge in [-0.05, 0) is 55.8 Å². The number of carbonyl (C=O) groups is 1. The van der Waals surface area contributed by atoms with Crippen LogP contribution in [0.15, 0.2) is 48.5 Å². The number of carbonyl (C=O) groups excluding carboxylic acids is 1. The minimum atomic E-state index is -0.561. The molecule has 3 rings (SSSR count). The van der Waals surface area contributed by atoms with E-state index in [0.717, 1.165) is 48.9 Å². The van der Waals surface area contributed by atoms with E-state index in [1.54, 1.807) is 14.2 Å². The van der Waals surface area contributed by atoms with Gasteiger partial charge in [0.05, 0.1) is 19.6 Å². The number of benzene rings is 2. The normalized spacial score (nSPS) is 14.8. The summed E-state index contributed by atoms with van der Waals surface area (Å²) in [5.74, 6) is 1.82. The molecule has 1 aliphatic rings. The zero-order valence-electron chi connectivity index (χ0n) is 16.6. The molecular formula is C22H28N2O3. The molecule has 0 spiro atoms. The average Bonchev–Trinajstić information content (AvgIpc) is 2.73. The van der Waals surface area contributed by atoms with Crippen molar-refractivity contribution in [3.8, 4) is 11.5 Å². The molecule has 2 aromatic rings. The van der Waals surface area contributed by atoms with Crippen LogP contribution in [-0.4, -0.2) is 51.2 Å². The van der Waals surface area contributed by atoms with Crippen molar-refractivity contribution in [3.63, 3.8) is 0 Å². The summed E-state index contributed by atoms with van der Waals surface area (Å²) in [4.78, 5) is 17.4. The van der Waals surface area contributed by atoms with Gasteiger partial charge in [-0.2, -0.15) is 0 Å². The molecule has 0 aromatic heterocycles. The molecule has 1 amide bonds. The van der Waals surface area contributed by atoms with E-state index in [9.17, 15) is 4.79 Å². The van der Waals surface area contributed by atoms with E-state index < -0.39 is 5.41 Å². The van der Waals surface area contributed by atoms with Crippen LogP contribution in [0.5, 0.6) is 11.5 Å². The monoisotopic (exact) mass is 368 g/mol. The topological polar surface area (TPSA) is 42.0 Å². The van der Waals surface area contributed by atoms with E-state index in [-0.39, 0.29) is 5.91 Å². The maximum absolute atomic E-state index is 13.2. The Hall–Kier alpha value is -2.69. The van der Waals surface area contributed by atoms with Gasteiger partial charge < -0.3 is 19.3 Å². The Morgan fingerprint density at radius 1 is 0.815 bits per heavy atom. The predicted molar refractivity (Wildman–Crippen MR) is 108 cm³/mol. The lowest BCUT2D eigenvalue weighted by molar-refractivity contribution is -0.136. The summed E-state index contributed by atoms with van der Waals surface area (Å²) in [6.07, 6.45) is 0. The highest BCUT2D eigenvalue weighted by Crippen LogP contribution is 2.28. The zero-order chi connectivity index (χ0) is 19.4. The standard InChI is InChI=1S/C22H28N2O3/c1-22(2,17-5-9-19(26-3)10-6-17)21(25)24-15-13-23(14-16-24)18-7-11-20(27-4)12-8-18/h5-12H,13-16H2,1-4H3. The quantitative estimate of drug-likeness (QED) is 0.812. The summed E-state index contributed by atoms with van der Waals surface area (Å²) >= 11 is 0. The van der Waals surface area contributed by atoms with Crippen LogP contribution in [0.2, 0.25) is 0 Å². The largest absolute Gasteiger partial charge is 0.497 e. The number of hydrogen-bond donors (Lipinski definition) is 0. The molecule has 1 saturated heterocycles. The fraction of sp³-hybridized carbons (Fsp3) is 0.409. The van der Waals surface area contributed by atoms with E-state index in [0.29, 0.717) is 0 Å². The van der Waals surface area contributed by atoms with Gasteiger partial charge in [0.1, 0.15) is 11.5 Å². The van der Waals surface area contributed by atoms with Crippen LogP contribution in [0.3, 0.4) is 0 Å². The highest BCUT2D eigenvalue weighted by Gasteiger charge is 2.35. The highest BCUT2D eigenvalue weighted by molar-refractivity contribution is 5.87. The van der Waals surface area contributed by atoms with Gasteiger partial charge in [-0.15, -0.1) is 0 Å². The van der Waals surface area contributed by atoms with E-state index in [2.05, 4.69) is 17.0 Å². The lowest BCUT2D eigenvalue weighted by Crippen LogP contribution is -2.53. The SMILES string of the molecule is COc1ccc(N2CCN(C(=O)C(C)(C)c3ccc(OC)cc3)CC2)cc1. The van der Waals surface area contributed by atoms with Crippen molar-refractivity contribution < 1.29 is 14.3 Å². The Bertz CT molecular complexity index is 761. The van der Waals surface area contributed by atoms with Crippen LogP contribution < -0.4 is 14.4 Å². The first-order chi connectivity index (χ1) is 13.0. The molecule has 2 aromatic carbocycles. The van der Waals surface area contributed by atoms with Gasteiger partial charge in [0.2, 0.25) is 5.91 Å². The number of anilines is 1. The van der Waals surface area contributed by atoms with E-state index in [1.807, 2.05) is 55.1 Å². The Morgan fingerprint density at radius 3 is 1.78 bits per heavy atom. The molecule has 1 fully saturated rings. The summed E-state index contributed by atoms with van der Waals surface area (Å²) in [5, 5.41) is 0. The molecular weight excluding hydrogens is 340 g/mol. The van der Waals surface area contributed by atoms with E-state index in [4.69, 9.17) is 9.47 Å². The zero-order valence-corrected chi connectivity index (χ0v) is 16.6. The summed E-state index contributed by atoms with van der Waals surface area (Å²) in [6, 6.07) is 15.8. The Morgan fingerprint density at radius 2 is 1.30 bits per heavy atom. The third-order valence-electron chi connectivity index (χ3n) is 5.35. The number of piperazine rings is 1. The predicted octanol–water partition coefficient (Wildman–Crippen LogP) is 3.33. The molecule has 0 N–H and O–H groups in total. The number of amides is 1. The number of rotatable bonds is 5. The van der Waals surface area contributed by atoms with Crippen molar-refractivity contribution in [2.24, 2.45) is 0 Å². The molecule has 0 atom stereocenters. The van der Waals surface area contributed by atoms with Crippen LogP contribution in [0.4, 0.5) is 5.69 Å². The maximum Gasteiger partial charge on any atom is 0.232 e. The van der Waals surface area contributed by atoms with Crippen LogP contribution in [0.1, 0.15) is 19.4 Å². The molecule has 27 heavy (non-hydrogen) atoms. The summed E-state index contributed by atoms with van der Waals surface area (Å²) in [5.41, 5.74) is 1.61. The minimum absolute atomic E-state index is 0.169. The lowest BCUT2D eigenvalue weighted by atomic mass is 9.83. The van der Waals surface area contributed by atoms with Crippen molar-refractivity contribution >= 4 is 11.6 Å². The number of hydrogen-bond acceptors (Lipinski definition) is 4. The molecule has 0 aliphatic carbocycles. The molecule has 0 radical (unpaired) electrons. The van der Waals surface area contributed by atoms with Crippen molar-refractivity contribution in [1.82, 2.24) is 4.90 Å². The number of ether oxygens (including phenoxy) is 2. The van der Waals surface area contributed by atoms with Crippen molar-refractivity contribution in [2.75, 3.05) is 45.3 Å². The van der Waals surface area contributed by atoms with Gasteiger partial charge in [0.25, 0.3) is 0 Å². The van der Waals surface area contributed by atoms with Gasteiger partial charge in [-0.25, -0.2) is 0 Å². The van der Waals surface area contributed by atoms with Gasteiger partial charge in [-0.1, -0.05) is 12.1 Å². The van der Waals surface area contributed by atoms with Gasteiger partial charge in [0, 0.05) is 31.9 Å². The maximum atomic E-state index is 13.2. The van der Waals surface area contributed by atoms with Crippen LogP contribution in [-0.2, 0) is 10.2 Å². The van der Waals surface area contributed by atoms with Crippen molar-refractivity contribution in [2.45, 2.75) is 19.3 Å². The molecule has 144 valence electrons. The third kappa shape index (κ3) is 4.02. The first-order valence-corrected chi connectivity index (χ1v) is 9.28. The van der Waals surface area contributed by atoms with Gasteiger partial charge >= 0.3 is 0 Å². The molecule has 0 bridgehead atoms. The first-order valence-electron chi connectivity index (χ1n) is 9.28. The molecule has 1 heterocycles. The second-order valence-electron chi connectivity index (χ2n) is 7.33. The van der Waals surface area contributed by atoms with Gasteiger partial charge in [-0.3, -0.25) is 4.79 Å². The fourth-order valence-corrected chi connectivity index (χ4v) is 3.49. The number of nitrogens with zero attached hydrogens (tertiary/aromatic N) is 2. The summed E-state index contributed by atoms with van der Waals surface area (Å²) in [7, 11) is 3.32. The molecule has 1 aliphatic heterocycles. The summed E-state index contributed by atoms with van der Waals surface area (Å²) in [6.45, 7) is 7.10. The van der Waals surface area contributed by atoms with Crippen LogP contribution in [0.25, 0.3) is 0 Å². The van der Waals surface area contributed by atoms with E-state index in [1.165, 1.54) is 0 Å². The first kappa shape index (κ1) is 19.1. The van der Waals surface area contributed by atoms with Crippen molar-refractivity contribution in [1.29, 1.82) is 0 Å². The summed E-state index contributed by atoms with van der Waals surface area (Å²) < 4.78 is 10.4. The van der Waals surface area contributed by atoms with Gasteiger partial charge in [0.15, 0.2) is 0 Å². The Balaban J connectivity index is 1.64. The minimum Gasteiger partial charge on any atom is -0.497 e. The second-order valence-corrected chi connectivity index (χ2v) is 7.33. The fourth-order valence-electron chi connectivity index (χ4n) is 3.49. The van der Waals surface area contributed by atoms with Crippen LogP contribution >= 0.6 is 0 Å². The smallest absolute Gasteiger partial charge is 0.232 e. The van der Waals surface area contributed by atoms with Crippen LogP contribution in [0, 0.1) is 0 Å². The second kappa shape index (κ2) is 7.91. The third-order valence-corrected chi connectivity index (χ3v) is 5.35. The average molecular weight is 368 g/mol. The highest BCUT2D eigenvalue weighted by atomic mass is 16.5. The van der Waals surface area contributed by atoms with Crippen molar-refractivity contribution in [3.05, 3.63) is 54.1 Å². The Kier molecular flexibility index (Phi) is 5.59. The number of methoxy groups -OCH3 is 2. The molecule has 5 heteroatoms. The molecule has 0 saturated carbocycles. The lowest BCUT2D eigenvalue weighted by Gasteiger charge is -2.39. The Labute approximate surface area is 161 Å².